The summed E-state index contributed by atoms with van der Waals surface area (Å²) in [7, 11) is 0. The summed E-state index contributed by atoms with van der Waals surface area (Å²) >= 11 is 0. The van der Waals surface area contributed by atoms with Crippen molar-refractivity contribution in [2.45, 2.75) is 39.7 Å². The lowest BCUT2D eigenvalue weighted by atomic mass is 10.1. The summed E-state index contributed by atoms with van der Waals surface area (Å²) in [5, 5.41) is 11.6. The van der Waals surface area contributed by atoms with E-state index in [1.54, 1.807) is 31.2 Å². The quantitative estimate of drug-likeness (QED) is 0.619. The average molecular weight is 373 g/mol. The number of amides is 1. The van der Waals surface area contributed by atoms with Gasteiger partial charge in [-0.2, -0.15) is 0 Å². The van der Waals surface area contributed by atoms with E-state index >= 15 is 0 Å². The molecule has 7 nitrogen and oxygen atoms in total. The minimum Gasteiger partial charge on any atom is -0.494 e. The third-order valence-corrected chi connectivity index (χ3v) is 3.89. The number of carboxylic acids is 1. The standard InChI is InChI=1S/C20H23NO6/c1-3-10-26-15-6-4-14(5-7-15)18(22)8-9-19(23)21-12-16-11-17(20(24)25)13(2)27-16/h4-7,11H,3,8-10,12H2,1-2H3,(H,21,23)(H,24,25). The normalized spacial score (nSPS) is 10.4. The number of hydrogen-bond donors (Lipinski definition) is 2. The number of ether oxygens (including phenoxy) is 1. The molecule has 0 spiro atoms. The van der Waals surface area contributed by atoms with Crippen LogP contribution in [-0.2, 0) is 11.3 Å². The molecule has 0 unspecified atom stereocenters. The number of ketones is 1. The highest BCUT2D eigenvalue weighted by Gasteiger charge is 2.15. The third-order valence-electron chi connectivity index (χ3n) is 3.89. The van der Waals surface area contributed by atoms with Crippen LogP contribution in [0.25, 0.3) is 0 Å². The van der Waals surface area contributed by atoms with Crippen LogP contribution in [0.15, 0.2) is 34.7 Å². The number of rotatable bonds is 10. The molecule has 7 heteroatoms. The number of carbonyl (C=O) groups is 3. The highest BCUT2D eigenvalue weighted by Crippen LogP contribution is 2.15. The number of carboxylic acid groups (broad SMARTS) is 1. The molecular weight excluding hydrogens is 350 g/mol. The van der Waals surface area contributed by atoms with Crippen LogP contribution in [-0.4, -0.2) is 29.4 Å². The molecule has 2 N–H and O–H groups in total. The Hall–Kier alpha value is -3.09. The maximum Gasteiger partial charge on any atom is 0.339 e. The van der Waals surface area contributed by atoms with Gasteiger partial charge in [-0.25, -0.2) is 4.79 Å². The van der Waals surface area contributed by atoms with Crippen molar-refractivity contribution in [1.29, 1.82) is 0 Å². The smallest absolute Gasteiger partial charge is 0.339 e. The second-order valence-electron chi connectivity index (χ2n) is 6.06. The van der Waals surface area contributed by atoms with E-state index in [4.69, 9.17) is 14.3 Å². The lowest BCUT2D eigenvalue weighted by Crippen LogP contribution is -2.23. The summed E-state index contributed by atoms with van der Waals surface area (Å²) in [4.78, 5) is 35.0. The van der Waals surface area contributed by atoms with E-state index in [-0.39, 0.29) is 42.4 Å². The van der Waals surface area contributed by atoms with Crippen LogP contribution in [0.1, 0.15) is 58.4 Å². The third kappa shape index (κ3) is 5.99. The van der Waals surface area contributed by atoms with E-state index in [2.05, 4.69) is 5.32 Å². The number of aromatic carboxylic acids is 1. The molecule has 144 valence electrons. The lowest BCUT2D eigenvalue weighted by molar-refractivity contribution is -0.121. The van der Waals surface area contributed by atoms with Gasteiger partial charge in [-0.3, -0.25) is 9.59 Å². The molecule has 0 saturated carbocycles. The molecule has 1 amide bonds. The Bertz CT molecular complexity index is 806. The minimum absolute atomic E-state index is 0.0401. The zero-order valence-electron chi connectivity index (χ0n) is 15.4. The number of carbonyl (C=O) groups excluding carboxylic acids is 2. The van der Waals surface area contributed by atoms with Gasteiger partial charge in [0.1, 0.15) is 22.8 Å². The summed E-state index contributed by atoms with van der Waals surface area (Å²) in [5.41, 5.74) is 0.597. The van der Waals surface area contributed by atoms with Crippen molar-refractivity contribution >= 4 is 17.7 Å². The first-order chi connectivity index (χ1) is 12.9. The summed E-state index contributed by atoms with van der Waals surface area (Å²) < 4.78 is 10.8. The van der Waals surface area contributed by atoms with E-state index < -0.39 is 5.97 Å². The van der Waals surface area contributed by atoms with Crippen molar-refractivity contribution in [3.05, 3.63) is 53.0 Å². The first kappa shape index (κ1) is 20.2. The molecule has 2 rings (SSSR count). The van der Waals surface area contributed by atoms with E-state index in [0.717, 1.165) is 6.42 Å². The monoisotopic (exact) mass is 373 g/mol. The molecule has 0 aliphatic carbocycles. The largest absolute Gasteiger partial charge is 0.494 e. The van der Waals surface area contributed by atoms with E-state index in [1.807, 2.05) is 6.92 Å². The van der Waals surface area contributed by atoms with Crippen LogP contribution in [0.5, 0.6) is 5.75 Å². The summed E-state index contributed by atoms with van der Waals surface area (Å²) in [6.45, 7) is 4.26. The highest BCUT2D eigenvalue weighted by atomic mass is 16.5. The average Bonchev–Trinajstić information content (AvgIpc) is 3.04. The van der Waals surface area contributed by atoms with Gasteiger partial charge in [0.2, 0.25) is 5.91 Å². The van der Waals surface area contributed by atoms with Crippen LogP contribution in [0, 0.1) is 6.92 Å². The highest BCUT2D eigenvalue weighted by molar-refractivity contribution is 5.98. The SMILES string of the molecule is CCCOc1ccc(C(=O)CCC(=O)NCc2cc(C(=O)O)c(C)o2)cc1. The summed E-state index contributed by atoms with van der Waals surface area (Å²) in [5.74, 6) is -0.168. The van der Waals surface area contributed by atoms with Gasteiger partial charge in [-0.1, -0.05) is 6.92 Å². The zero-order valence-corrected chi connectivity index (χ0v) is 15.4. The van der Waals surface area contributed by atoms with Gasteiger partial charge in [-0.05, 0) is 43.7 Å². The van der Waals surface area contributed by atoms with Crippen molar-refractivity contribution in [3.8, 4) is 5.75 Å². The van der Waals surface area contributed by atoms with Crippen LogP contribution in [0.3, 0.4) is 0 Å². The fourth-order valence-electron chi connectivity index (χ4n) is 2.45. The lowest BCUT2D eigenvalue weighted by Gasteiger charge is -2.06. The minimum atomic E-state index is -1.08. The molecular formula is C20H23NO6. The maximum absolute atomic E-state index is 12.2. The Morgan fingerprint density at radius 2 is 1.85 bits per heavy atom. The molecule has 27 heavy (non-hydrogen) atoms. The van der Waals surface area contributed by atoms with Gasteiger partial charge in [0.25, 0.3) is 0 Å². The molecule has 1 heterocycles. The molecule has 1 aromatic heterocycles. The topological polar surface area (TPSA) is 106 Å². The molecule has 0 fully saturated rings. The fourth-order valence-corrected chi connectivity index (χ4v) is 2.45. The van der Waals surface area contributed by atoms with Gasteiger partial charge >= 0.3 is 5.97 Å². The number of benzene rings is 1. The van der Waals surface area contributed by atoms with Gasteiger partial charge in [0.15, 0.2) is 5.78 Å². The van der Waals surface area contributed by atoms with Crippen LogP contribution in [0.4, 0.5) is 0 Å². The predicted octanol–water partition coefficient (Wildman–Crippen LogP) is 3.35. The molecule has 0 radical (unpaired) electrons. The van der Waals surface area contributed by atoms with Crippen LogP contribution in [0.2, 0.25) is 0 Å². The fraction of sp³-hybridized carbons (Fsp3) is 0.350. The summed E-state index contributed by atoms with van der Waals surface area (Å²) in [6, 6.07) is 8.23. The van der Waals surface area contributed by atoms with Gasteiger partial charge in [-0.15, -0.1) is 0 Å². The number of furan rings is 1. The van der Waals surface area contributed by atoms with Crippen molar-refractivity contribution < 1.29 is 28.6 Å². The van der Waals surface area contributed by atoms with Crippen LogP contribution >= 0.6 is 0 Å². The van der Waals surface area contributed by atoms with Crippen LogP contribution < -0.4 is 10.1 Å². The van der Waals surface area contributed by atoms with Gasteiger partial charge in [0.05, 0.1) is 13.2 Å². The van der Waals surface area contributed by atoms with Crippen molar-refractivity contribution in [2.24, 2.45) is 0 Å². The van der Waals surface area contributed by atoms with Crippen molar-refractivity contribution in [2.75, 3.05) is 6.61 Å². The number of nitrogens with one attached hydrogen (secondary N) is 1. The molecule has 1 aromatic carbocycles. The Labute approximate surface area is 157 Å². The van der Waals surface area contributed by atoms with E-state index in [1.165, 1.54) is 6.07 Å². The van der Waals surface area contributed by atoms with E-state index in [9.17, 15) is 14.4 Å². The predicted molar refractivity (Wildman–Crippen MR) is 98.0 cm³/mol. The Morgan fingerprint density at radius 3 is 2.44 bits per heavy atom. The molecule has 0 aliphatic heterocycles. The Balaban J connectivity index is 1.78. The second-order valence-corrected chi connectivity index (χ2v) is 6.06. The number of Topliss-reactive ketones (excluding diaryl/α,β-unsaturated/α-hetero) is 1. The van der Waals surface area contributed by atoms with E-state index in [0.29, 0.717) is 23.7 Å². The summed E-state index contributed by atoms with van der Waals surface area (Å²) in [6.07, 6.45) is 1.03. The maximum atomic E-state index is 12.2. The van der Waals surface area contributed by atoms with Gasteiger partial charge in [0, 0.05) is 18.4 Å². The molecule has 0 aliphatic rings. The Morgan fingerprint density at radius 1 is 1.15 bits per heavy atom. The molecule has 0 bridgehead atoms. The van der Waals surface area contributed by atoms with Crippen molar-refractivity contribution in [3.63, 3.8) is 0 Å². The number of aryl methyl sites for hydroxylation is 1. The second kappa shape index (κ2) is 9.56. The molecule has 0 atom stereocenters. The van der Waals surface area contributed by atoms with Crippen molar-refractivity contribution in [1.82, 2.24) is 5.32 Å². The van der Waals surface area contributed by atoms with Gasteiger partial charge < -0.3 is 19.6 Å². The first-order valence-electron chi connectivity index (χ1n) is 8.76. The molecule has 2 aromatic rings. The Kier molecular flexibility index (Phi) is 7.16. The molecule has 0 saturated heterocycles. The first-order valence-corrected chi connectivity index (χ1v) is 8.76. The zero-order chi connectivity index (χ0) is 19.8. The number of hydrogen-bond acceptors (Lipinski definition) is 5.